The van der Waals surface area contributed by atoms with Crippen molar-refractivity contribution in [2.45, 2.75) is 72.1 Å². The second-order valence-corrected chi connectivity index (χ2v) is 7.29. The Morgan fingerprint density at radius 3 is 2.20 bits per heavy atom. The largest absolute Gasteiger partial charge is 0.380 e. The summed E-state index contributed by atoms with van der Waals surface area (Å²) < 4.78 is 5.79. The van der Waals surface area contributed by atoms with Crippen LogP contribution in [0, 0.1) is 71.5 Å². The van der Waals surface area contributed by atoms with Crippen molar-refractivity contribution in [2.75, 3.05) is 19.8 Å². The summed E-state index contributed by atoms with van der Waals surface area (Å²) >= 11 is 0. The highest BCUT2D eigenvalue weighted by Crippen LogP contribution is 2.12. The summed E-state index contributed by atoms with van der Waals surface area (Å²) in [4.78, 5) is 11.5. The number of terminal acetylenes is 1. The van der Waals surface area contributed by atoms with E-state index >= 15 is 0 Å². The lowest BCUT2D eigenvalue weighted by Crippen LogP contribution is -2.29. The summed E-state index contributed by atoms with van der Waals surface area (Å²) in [5, 5.41) is 2.90. The van der Waals surface area contributed by atoms with Gasteiger partial charge in [-0.2, -0.15) is 0 Å². The van der Waals surface area contributed by atoms with Crippen LogP contribution in [0.4, 0.5) is 0 Å². The molecule has 0 saturated heterocycles. The molecule has 0 aromatic carbocycles. The van der Waals surface area contributed by atoms with Crippen LogP contribution in [0.25, 0.3) is 0 Å². The zero-order chi connectivity index (χ0) is 22.3. The van der Waals surface area contributed by atoms with Gasteiger partial charge < -0.3 is 10.1 Å². The SMILES string of the molecule is C#CC#CC#CC#CC#CC(CCCCCCCC)COCCCNC(=O)C(C)C. The lowest BCUT2D eigenvalue weighted by atomic mass is 10.0. The van der Waals surface area contributed by atoms with Gasteiger partial charge >= 0.3 is 0 Å². The molecule has 0 aromatic rings. The van der Waals surface area contributed by atoms with Crippen molar-refractivity contribution in [2.24, 2.45) is 11.8 Å². The molecule has 1 amide bonds. The van der Waals surface area contributed by atoms with Crippen molar-refractivity contribution < 1.29 is 9.53 Å². The summed E-state index contributed by atoms with van der Waals surface area (Å²) in [7, 11) is 0. The molecule has 1 unspecified atom stereocenters. The fraction of sp³-hybridized carbons (Fsp3) is 0.593. The van der Waals surface area contributed by atoms with Crippen LogP contribution in [0.15, 0.2) is 0 Å². The standard InChI is InChI=1S/C27H35NO2/c1-5-7-9-11-13-14-16-18-21-26(20-17-15-12-10-8-6-2)24-30-23-19-22-28-27(29)25(3)4/h1,25-26H,6,8,10,12,15,17,19-20,22-24H2,2-4H3,(H,28,29). The first-order valence-corrected chi connectivity index (χ1v) is 10.9. The highest BCUT2D eigenvalue weighted by atomic mass is 16.5. The molecule has 0 heterocycles. The molecule has 0 spiro atoms. The van der Waals surface area contributed by atoms with Gasteiger partial charge in [-0.3, -0.25) is 4.79 Å². The maximum atomic E-state index is 11.5. The van der Waals surface area contributed by atoms with Gasteiger partial charge in [0, 0.05) is 25.0 Å². The monoisotopic (exact) mass is 405 g/mol. The Bertz CT molecular complexity index is 757. The number of hydrogen-bond acceptors (Lipinski definition) is 2. The third-order valence-electron chi connectivity index (χ3n) is 4.24. The van der Waals surface area contributed by atoms with E-state index in [1.165, 1.54) is 32.1 Å². The molecule has 0 bridgehead atoms. The van der Waals surface area contributed by atoms with Gasteiger partial charge in [-0.1, -0.05) is 65.2 Å². The van der Waals surface area contributed by atoms with Gasteiger partial charge in [-0.15, -0.1) is 6.42 Å². The molecule has 0 aliphatic carbocycles. The van der Waals surface area contributed by atoms with Crippen molar-refractivity contribution in [1.82, 2.24) is 5.32 Å². The molecule has 0 aromatic heterocycles. The highest BCUT2D eigenvalue weighted by Gasteiger charge is 2.07. The van der Waals surface area contributed by atoms with Crippen molar-refractivity contribution in [3.63, 3.8) is 0 Å². The van der Waals surface area contributed by atoms with E-state index in [-0.39, 0.29) is 17.7 Å². The third kappa shape index (κ3) is 18.6. The molecule has 0 rings (SSSR count). The first kappa shape index (κ1) is 27.2. The minimum atomic E-state index is 0.0121. The Labute approximate surface area is 184 Å². The van der Waals surface area contributed by atoms with Crippen molar-refractivity contribution in [3.05, 3.63) is 0 Å². The fourth-order valence-corrected chi connectivity index (χ4v) is 2.51. The molecule has 30 heavy (non-hydrogen) atoms. The third-order valence-corrected chi connectivity index (χ3v) is 4.24. The van der Waals surface area contributed by atoms with Gasteiger partial charge in [-0.25, -0.2) is 0 Å². The van der Waals surface area contributed by atoms with Crippen LogP contribution in [-0.4, -0.2) is 25.7 Å². The first-order valence-electron chi connectivity index (χ1n) is 10.9. The van der Waals surface area contributed by atoms with E-state index in [0.29, 0.717) is 19.8 Å². The number of carbonyl (C=O) groups excluding carboxylic acids is 1. The lowest BCUT2D eigenvalue weighted by Gasteiger charge is -2.12. The van der Waals surface area contributed by atoms with Gasteiger partial charge in [0.2, 0.25) is 5.91 Å². The van der Waals surface area contributed by atoms with Crippen LogP contribution in [0.2, 0.25) is 0 Å². The molecule has 0 fully saturated rings. The minimum absolute atomic E-state index is 0.0121. The van der Waals surface area contributed by atoms with E-state index in [1.54, 1.807) is 0 Å². The summed E-state index contributed by atoms with van der Waals surface area (Å²) in [6, 6.07) is 0. The normalized spacial score (nSPS) is 9.97. The molecule has 0 aliphatic rings. The van der Waals surface area contributed by atoms with Crippen LogP contribution < -0.4 is 5.32 Å². The van der Waals surface area contributed by atoms with Crippen molar-refractivity contribution >= 4 is 5.91 Å². The number of carbonyl (C=O) groups is 1. The van der Waals surface area contributed by atoms with E-state index < -0.39 is 0 Å². The molecule has 1 N–H and O–H groups in total. The zero-order valence-electron chi connectivity index (χ0n) is 18.8. The second-order valence-electron chi connectivity index (χ2n) is 7.29. The van der Waals surface area contributed by atoms with Crippen LogP contribution in [0.5, 0.6) is 0 Å². The van der Waals surface area contributed by atoms with E-state index in [0.717, 1.165) is 19.3 Å². The molecule has 160 valence electrons. The summed E-state index contributed by atoms with van der Waals surface area (Å²) in [5.74, 6) is 24.0. The van der Waals surface area contributed by atoms with Gasteiger partial charge in [-0.05, 0) is 60.2 Å². The fourth-order valence-electron chi connectivity index (χ4n) is 2.51. The smallest absolute Gasteiger partial charge is 0.222 e. The quantitative estimate of drug-likeness (QED) is 0.348. The number of rotatable bonds is 14. The number of unbranched alkanes of at least 4 members (excludes halogenated alkanes) is 5. The Kier molecular flexibility index (Phi) is 19.0. The van der Waals surface area contributed by atoms with Gasteiger partial charge in [0.05, 0.1) is 6.61 Å². The van der Waals surface area contributed by atoms with Crippen LogP contribution in [-0.2, 0) is 9.53 Å². The number of nitrogens with one attached hydrogen (secondary N) is 1. The summed E-state index contributed by atoms with van der Waals surface area (Å²) in [5.41, 5.74) is 0. The van der Waals surface area contributed by atoms with Crippen LogP contribution in [0.3, 0.4) is 0 Å². The Balaban J connectivity index is 4.39. The number of ether oxygens (including phenoxy) is 1. The molecule has 3 nitrogen and oxygen atoms in total. The van der Waals surface area contributed by atoms with Gasteiger partial charge in [0.1, 0.15) is 0 Å². The maximum absolute atomic E-state index is 11.5. The average Bonchev–Trinajstić information content (AvgIpc) is 2.73. The molecule has 1 atom stereocenters. The van der Waals surface area contributed by atoms with Crippen LogP contribution >= 0.6 is 0 Å². The van der Waals surface area contributed by atoms with E-state index in [2.05, 4.69) is 65.5 Å². The average molecular weight is 406 g/mol. The van der Waals surface area contributed by atoms with E-state index in [9.17, 15) is 4.79 Å². The molecule has 0 aliphatic heterocycles. The van der Waals surface area contributed by atoms with Gasteiger partial charge in [0.15, 0.2) is 0 Å². The van der Waals surface area contributed by atoms with Gasteiger partial charge in [0.25, 0.3) is 0 Å². The number of amides is 1. The second kappa shape index (κ2) is 21.0. The Morgan fingerprint density at radius 2 is 1.53 bits per heavy atom. The summed E-state index contributed by atoms with van der Waals surface area (Å²) in [6.07, 6.45) is 14.3. The van der Waals surface area contributed by atoms with Crippen molar-refractivity contribution in [1.29, 1.82) is 0 Å². The topological polar surface area (TPSA) is 38.3 Å². The van der Waals surface area contributed by atoms with E-state index in [4.69, 9.17) is 11.2 Å². The molecule has 3 heteroatoms. The zero-order valence-corrected chi connectivity index (χ0v) is 18.8. The predicted molar refractivity (Wildman–Crippen MR) is 125 cm³/mol. The molecular weight excluding hydrogens is 370 g/mol. The highest BCUT2D eigenvalue weighted by molar-refractivity contribution is 5.77. The van der Waals surface area contributed by atoms with Crippen LogP contribution in [0.1, 0.15) is 72.1 Å². The predicted octanol–water partition coefficient (Wildman–Crippen LogP) is 4.18. The maximum Gasteiger partial charge on any atom is 0.222 e. The Hall–Kier alpha value is -2.77. The molecular formula is C27H35NO2. The summed E-state index contributed by atoms with van der Waals surface area (Å²) in [6.45, 7) is 7.83. The van der Waals surface area contributed by atoms with E-state index in [1.807, 2.05) is 13.8 Å². The molecule has 0 saturated carbocycles. The van der Waals surface area contributed by atoms with Crippen molar-refractivity contribution in [3.8, 4) is 59.7 Å². The Morgan fingerprint density at radius 1 is 0.900 bits per heavy atom. The molecule has 0 radical (unpaired) electrons. The first-order chi connectivity index (χ1) is 14.6. The number of hydrogen-bond donors (Lipinski definition) is 1. The minimum Gasteiger partial charge on any atom is -0.380 e. The lowest BCUT2D eigenvalue weighted by molar-refractivity contribution is -0.124.